The van der Waals surface area contributed by atoms with E-state index < -0.39 is 0 Å². The predicted molar refractivity (Wildman–Crippen MR) is 146 cm³/mol. The van der Waals surface area contributed by atoms with Crippen LogP contribution < -0.4 is 14.8 Å². The van der Waals surface area contributed by atoms with Crippen LogP contribution in [0.25, 0.3) is 16.8 Å². The molecule has 4 aromatic rings. The summed E-state index contributed by atoms with van der Waals surface area (Å²) in [6.45, 7) is 4.55. The summed E-state index contributed by atoms with van der Waals surface area (Å²) in [4.78, 5) is 6.84. The Labute approximate surface area is 221 Å². The summed E-state index contributed by atoms with van der Waals surface area (Å²) in [6.07, 6.45) is 3.61. The highest BCUT2D eigenvalue weighted by Gasteiger charge is 2.22. The Morgan fingerprint density at radius 3 is 2.57 bits per heavy atom. The van der Waals surface area contributed by atoms with Crippen molar-refractivity contribution in [3.63, 3.8) is 0 Å². The number of benzene rings is 2. The molecule has 3 heterocycles. The lowest BCUT2D eigenvalue weighted by molar-refractivity contribution is 0.109. The molecule has 0 unspecified atom stereocenters. The number of nitrogens with zero attached hydrogens (tertiary/aromatic N) is 4. The van der Waals surface area contributed by atoms with Crippen molar-refractivity contribution in [3.05, 3.63) is 65.3 Å². The second-order valence-corrected chi connectivity index (χ2v) is 9.93. The van der Waals surface area contributed by atoms with Gasteiger partial charge in [-0.2, -0.15) is 0 Å². The van der Waals surface area contributed by atoms with E-state index in [1.165, 1.54) is 5.56 Å². The molecule has 0 saturated carbocycles. The first kappa shape index (κ1) is 25.3. The quantitative estimate of drug-likeness (QED) is 0.322. The highest BCUT2D eigenvalue weighted by molar-refractivity contribution is 6.31. The Balaban J connectivity index is 1.38. The molecule has 1 aliphatic rings. The topological polar surface area (TPSA) is 84.2 Å². The largest absolute Gasteiger partial charge is 0.496 e. The maximum absolute atomic E-state index is 9.67. The van der Waals surface area contributed by atoms with Gasteiger partial charge in [0.2, 0.25) is 5.95 Å². The van der Waals surface area contributed by atoms with Crippen molar-refractivity contribution in [2.24, 2.45) is 0 Å². The van der Waals surface area contributed by atoms with Gasteiger partial charge in [-0.15, -0.1) is 5.10 Å². The summed E-state index contributed by atoms with van der Waals surface area (Å²) >= 11 is 6.27. The number of rotatable bonds is 8. The molecule has 0 spiro atoms. The molecule has 2 aromatic heterocycles. The van der Waals surface area contributed by atoms with E-state index in [0.29, 0.717) is 22.6 Å². The van der Waals surface area contributed by atoms with Crippen molar-refractivity contribution in [2.45, 2.75) is 31.8 Å². The summed E-state index contributed by atoms with van der Waals surface area (Å²) < 4.78 is 13.1. The standard InChI is InChI=1S/C28H32ClN5O3/c1-18(35)17-33-12-10-19(11-13-33)20-4-7-24(27(14-20)37-3)31-28-30-16-22-6-8-25(34(22)32-28)23-15-21(29)5-9-26(23)36-2/h4-9,14-16,18-19,35H,10-13,17H2,1-3H3,(H,31,32)/t18-/m1/s1. The van der Waals surface area contributed by atoms with Crippen LogP contribution in [0.2, 0.25) is 5.02 Å². The number of halogens is 1. The molecule has 2 N–H and O–H groups in total. The number of ether oxygens (including phenoxy) is 2. The van der Waals surface area contributed by atoms with E-state index in [4.69, 9.17) is 26.2 Å². The lowest BCUT2D eigenvalue weighted by Gasteiger charge is -2.33. The fourth-order valence-corrected chi connectivity index (χ4v) is 5.22. The number of nitrogens with one attached hydrogen (secondary N) is 1. The van der Waals surface area contributed by atoms with Crippen molar-refractivity contribution >= 4 is 28.8 Å². The molecule has 1 fully saturated rings. The Kier molecular flexibility index (Phi) is 7.50. The Morgan fingerprint density at radius 2 is 1.84 bits per heavy atom. The highest BCUT2D eigenvalue weighted by Crippen LogP contribution is 2.36. The number of anilines is 2. The van der Waals surface area contributed by atoms with Gasteiger partial charge < -0.3 is 24.8 Å². The number of hydrogen-bond donors (Lipinski definition) is 2. The summed E-state index contributed by atoms with van der Waals surface area (Å²) in [7, 11) is 3.31. The smallest absolute Gasteiger partial charge is 0.245 e. The minimum Gasteiger partial charge on any atom is -0.496 e. The third kappa shape index (κ3) is 5.51. The molecule has 9 heteroatoms. The van der Waals surface area contributed by atoms with E-state index in [2.05, 4.69) is 27.3 Å². The molecule has 194 valence electrons. The fraction of sp³-hybridized carbons (Fsp3) is 0.357. The molecular weight excluding hydrogens is 490 g/mol. The summed E-state index contributed by atoms with van der Waals surface area (Å²) in [5, 5.41) is 18.4. The van der Waals surface area contributed by atoms with E-state index in [9.17, 15) is 5.11 Å². The zero-order valence-electron chi connectivity index (χ0n) is 21.3. The molecule has 1 atom stereocenters. The first-order chi connectivity index (χ1) is 17.9. The molecule has 37 heavy (non-hydrogen) atoms. The van der Waals surface area contributed by atoms with E-state index in [-0.39, 0.29) is 6.10 Å². The zero-order valence-corrected chi connectivity index (χ0v) is 22.1. The number of fused-ring (bicyclic) bond motifs is 1. The molecule has 1 aliphatic heterocycles. The molecular formula is C28H32ClN5O3. The first-order valence-corrected chi connectivity index (χ1v) is 12.9. The second-order valence-electron chi connectivity index (χ2n) is 9.49. The highest BCUT2D eigenvalue weighted by atomic mass is 35.5. The number of aromatic nitrogens is 3. The van der Waals surface area contributed by atoms with Crippen molar-refractivity contribution in [1.82, 2.24) is 19.5 Å². The van der Waals surface area contributed by atoms with Crippen LogP contribution >= 0.6 is 11.6 Å². The minimum atomic E-state index is -0.293. The minimum absolute atomic E-state index is 0.293. The molecule has 8 nitrogen and oxygen atoms in total. The van der Waals surface area contributed by atoms with Gasteiger partial charge in [0.1, 0.15) is 11.5 Å². The van der Waals surface area contributed by atoms with Crippen LogP contribution in [-0.2, 0) is 0 Å². The Morgan fingerprint density at radius 1 is 1.05 bits per heavy atom. The third-order valence-electron chi connectivity index (χ3n) is 6.89. The summed E-state index contributed by atoms with van der Waals surface area (Å²) in [5.41, 5.74) is 4.61. The summed E-state index contributed by atoms with van der Waals surface area (Å²) in [6, 6.07) is 15.7. The van der Waals surface area contributed by atoms with E-state index >= 15 is 0 Å². The average molecular weight is 522 g/mol. The van der Waals surface area contributed by atoms with Crippen LogP contribution in [0.3, 0.4) is 0 Å². The van der Waals surface area contributed by atoms with E-state index in [0.717, 1.165) is 60.7 Å². The maximum atomic E-state index is 9.67. The number of piperidine rings is 1. The van der Waals surface area contributed by atoms with Gasteiger partial charge in [0, 0.05) is 17.1 Å². The van der Waals surface area contributed by atoms with Gasteiger partial charge in [-0.05, 0) is 86.8 Å². The average Bonchev–Trinajstić information content (AvgIpc) is 3.32. The number of likely N-dealkylation sites (tertiary alicyclic amines) is 1. The van der Waals surface area contributed by atoms with Gasteiger partial charge in [0.15, 0.2) is 0 Å². The van der Waals surface area contributed by atoms with Crippen LogP contribution in [0.1, 0.15) is 31.2 Å². The van der Waals surface area contributed by atoms with Crippen molar-refractivity contribution in [2.75, 3.05) is 39.2 Å². The lowest BCUT2D eigenvalue weighted by atomic mass is 9.89. The fourth-order valence-electron chi connectivity index (χ4n) is 5.05. The van der Waals surface area contributed by atoms with Crippen LogP contribution in [0.4, 0.5) is 11.6 Å². The van der Waals surface area contributed by atoms with Gasteiger partial charge in [-0.3, -0.25) is 0 Å². The van der Waals surface area contributed by atoms with Crippen LogP contribution in [0.5, 0.6) is 11.5 Å². The third-order valence-corrected chi connectivity index (χ3v) is 7.12. The molecule has 0 radical (unpaired) electrons. The van der Waals surface area contributed by atoms with Crippen molar-refractivity contribution in [1.29, 1.82) is 0 Å². The van der Waals surface area contributed by atoms with Crippen molar-refractivity contribution in [3.8, 4) is 22.8 Å². The summed E-state index contributed by atoms with van der Waals surface area (Å²) in [5.74, 6) is 2.38. The first-order valence-electron chi connectivity index (χ1n) is 12.5. The SMILES string of the molecule is COc1cc(C2CCN(C[C@@H](C)O)CC2)ccc1Nc1ncc2ccc(-c3cc(Cl)ccc3OC)n2n1. The van der Waals surface area contributed by atoms with Crippen LogP contribution in [0.15, 0.2) is 54.7 Å². The normalized spacial score (nSPS) is 15.6. The Hall–Kier alpha value is -3.33. The second kappa shape index (κ2) is 11.0. The molecule has 1 saturated heterocycles. The van der Waals surface area contributed by atoms with Crippen LogP contribution in [-0.4, -0.2) is 64.6 Å². The number of hydrogen-bond acceptors (Lipinski definition) is 7. The monoisotopic (exact) mass is 521 g/mol. The van der Waals surface area contributed by atoms with E-state index in [1.807, 2.05) is 41.8 Å². The predicted octanol–water partition coefficient (Wildman–Crippen LogP) is 5.37. The lowest BCUT2D eigenvalue weighted by Crippen LogP contribution is -2.37. The van der Waals surface area contributed by atoms with Gasteiger partial charge in [-0.1, -0.05) is 17.7 Å². The van der Waals surface area contributed by atoms with E-state index in [1.54, 1.807) is 26.5 Å². The number of aliphatic hydroxyl groups excluding tert-OH is 1. The van der Waals surface area contributed by atoms with Crippen molar-refractivity contribution < 1.29 is 14.6 Å². The zero-order chi connectivity index (χ0) is 25.9. The molecule has 5 rings (SSSR count). The van der Waals surface area contributed by atoms with Gasteiger partial charge in [-0.25, -0.2) is 9.50 Å². The van der Waals surface area contributed by atoms with Crippen LogP contribution in [0, 0.1) is 0 Å². The molecule has 2 aromatic carbocycles. The van der Waals surface area contributed by atoms with Gasteiger partial charge in [0.05, 0.1) is 43.4 Å². The number of methoxy groups -OCH3 is 2. The number of β-amino-alcohol motifs (C(OH)–C–C–N with tert-alkyl or cyclic N) is 1. The maximum Gasteiger partial charge on any atom is 0.245 e. The Bertz CT molecular complexity index is 1380. The molecule has 0 aliphatic carbocycles. The van der Waals surface area contributed by atoms with Gasteiger partial charge >= 0.3 is 0 Å². The number of aliphatic hydroxyl groups is 1. The molecule has 0 bridgehead atoms. The molecule has 0 amide bonds. The van der Waals surface area contributed by atoms with Gasteiger partial charge in [0.25, 0.3) is 0 Å².